The predicted molar refractivity (Wildman–Crippen MR) is 456 cm³/mol. The molecule has 0 bridgehead atoms. The molecule has 0 aliphatic rings. The van der Waals surface area contributed by atoms with Crippen molar-refractivity contribution in [3.05, 3.63) is 310 Å². The number of aromatic nitrogens is 9. The average molecular weight is 1840 g/mol. The number of urea groups is 2. The summed E-state index contributed by atoms with van der Waals surface area (Å²) in [5.74, 6) is -6.66. The van der Waals surface area contributed by atoms with Crippen LogP contribution in [0.5, 0.6) is 0 Å². The second-order valence-electron chi connectivity index (χ2n) is 29.7. The average Bonchev–Trinajstić information content (AvgIpc) is 0.787. The van der Waals surface area contributed by atoms with Crippen LogP contribution in [0.2, 0.25) is 0 Å². The van der Waals surface area contributed by atoms with Crippen molar-refractivity contribution in [2.24, 2.45) is 0 Å². The first-order valence-electron chi connectivity index (χ1n) is 41.2. The zero-order valence-corrected chi connectivity index (χ0v) is 70.8. The summed E-state index contributed by atoms with van der Waals surface area (Å²) in [6.07, 6.45) is -20.5. The van der Waals surface area contributed by atoms with Gasteiger partial charge in [-0.1, -0.05) is 182 Å². The van der Waals surface area contributed by atoms with Crippen LogP contribution < -0.4 is 56.5 Å². The SMILES string of the molecule is O=CN(CC(O)Cn1c(=O)n(CCC(=O)OCC(O)c2ccccc2)c(=O)n(CCC(=O)OCC(O)c2ccccc2)c1=O)C(=O)N(CC(O)Cn1c(=O)n(CCC(=O)OCC(O)c2ccccc2)c(=O)n(CCC(=O)OCC(O)c2ccccc2)c1=O)C(=O)NCC(O)Cn1c(=O)n(CCC(=O)OCC(O)c2ccccc2)c(=O)n(CCC(=O)OCC(O)c2ccccc2)c1=O. The third-order valence-corrected chi connectivity index (χ3v) is 20.2. The molecule has 0 fully saturated rings. The maximum atomic E-state index is 15.1. The van der Waals surface area contributed by atoms with E-state index in [0.717, 1.165) is 0 Å². The van der Waals surface area contributed by atoms with Gasteiger partial charge in [0.25, 0.3) is 0 Å². The van der Waals surface area contributed by atoms with Crippen LogP contribution in [0.1, 0.15) is 109 Å². The lowest BCUT2D eigenvalue weighted by Gasteiger charge is -2.29. The molecular formula is C87H98N12O33. The molecule has 6 aromatic carbocycles. The maximum Gasteiger partial charge on any atom is 0.336 e. The van der Waals surface area contributed by atoms with E-state index in [1.54, 1.807) is 109 Å². The number of esters is 6. The van der Waals surface area contributed by atoms with Gasteiger partial charge in [0.05, 0.1) is 89.6 Å². The smallest absolute Gasteiger partial charge is 0.336 e. The number of benzene rings is 6. The van der Waals surface area contributed by atoms with Crippen molar-refractivity contribution in [1.29, 1.82) is 0 Å². The molecule has 9 aromatic rings. The Kier molecular flexibility index (Phi) is 38.2. The molecule has 132 heavy (non-hydrogen) atoms. The van der Waals surface area contributed by atoms with E-state index < -0.39 is 311 Å². The number of amides is 5. The number of carbonyl (C=O) groups excluding carboxylic acids is 9. The summed E-state index contributed by atoms with van der Waals surface area (Å²) in [4.78, 5) is 251. The van der Waals surface area contributed by atoms with E-state index >= 15 is 4.79 Å². The Labute approximate surface area is 746 Å². The molecule has 9 unspecified atom stereocenters. The lowest BCUT2D eigenvalue weighted by atomic mass is 10.1. The number of nitrogens with one attached hydrogen (secondary N) is 1. The second kappa shape index (κ2) is 49.8. The van der Waals surface area contributed by atoms with Gasteiger partial charge in [0.15, 0.2) is 0 Å². The molecule has 0 saturated heterocycles. The monoisotopic (exact) mass is 1840 g/mol. The van der Waals surface area contributed by atoms with Gasteiger partial charge in [0.2, 0.25) is 6.41 Å². The van der Waals surface area contributed by atoms with Gasteiger partial charge in [-0.05, 0) is 33.4 Å². The van der Waals surface area contributed by atoms with Gasteiger partial charge in [-0.3, -0.25) is 38.5 Å². The highest BCUT2D eigenvalue weighted by atomic mass is 16.6. The van der Waals surface area contributed by atoms with Crippen LogP contribution in [0.25, 0.3) is 0 Å². The van der Waals surface area contributed by atoms with Gasteiger partial charge in [0, 0.05) is 45.8 Å². The fourth-order valence-electron chi connectivity index (χ4n) is 13.1. The van der Waals surface area contributed by atoms with Gasteiger partial charge in [0.1, 0.15) is 76.3 Å². The summed E-state index contributed by atoms with van der Waals surface area (Å²) < 4.78 is 33.5. The highest BCUT2D eigenvalue weighted by Crippen LogP contribution is 2.19. The van der Waals surface area contributed by atoms with Gasteiger partial charge in [-0.25, -0.2) is 98.7 Å². The number of hydrogen-bond acceptors (Lipinski definition) is 33. The number of carbonyl (C=O) groups is 9. The van der Waals surface area contributed by atoms with Crippen LogP contribution in [0, 0.1) is 0 Å². The van der Waals surface area contributed by atoms with Crippen molar-refractivity contribution in [3.8, 4) is 0 Å². The number of imide groups is 2. The highest BCUT2D eigenvalue weighted by molar-refractivity contribution is 5.97. The summed E-state index contributed by atoms with van der Waals surface area (Å²) >= 11 is 0. The number of rotatable bonds is 49. The molecule has 3 aromatic heterocycles. The maximum absolute atomic E-state index is 15.1. The van der Waals surface area contributed by atoms with Crippen molar-refractivity contribution < 1.29 is 118 Å². The third-order valence-electron chi connectivity index (χ3n) is 20.2. The van der Waals surface area contributed by atoms with E-state index in [0.29, 0.717) is 51.6 Å². The van der Waals surface area contributed by atoms with Crippen molar-refractivity contribution in [3.63, 3.8) is 0 Å². The molecule has 10 N–H and O–H groups in total. The number of hydrogen-bond donors (Lipinski definition) is 10. The van der Waals surface area contributed by atoms with Gasteiger partial charge >= 0.3 is 99.1 Å². The van der Waals surface area contributed by atoms with E-state index in [1.807, 2.05) is 0 Å². The summed E-state index contributed by atoms with van der Waals surface area (Å²) in [6.45, 7) is -17.3. The van der Waals surface area contributed by atoms with Crippen LogP contribution in [-0.4, -0.2) is 229 Å². The van der Waals surface area contributed by atoms with Gasteiger partial charge in [-0.15, -0.1) is 0 Å². The lowest BCUT2D eigenvalue weighted by Crippen LogP contribution is -2.58. The third kappa shape index (κ3) is 29.0. The molecule has 9 rings (SSSR count). The zero-order chi connectivity index (χ0) is 95.7. The molecule has 3 heterocycles. The second-order valence-corrected chi connectivity index (χ2v) is 29.7. The van der Waals surface area contributed by atoms with E-state index in [-0.39, 0.29) is 39.0 Å². The van der Waals surface area contributed by atoms with Crippen molar-refractivity contribution in [1.82, 2.24) is 56.2 Å². The first kappa shape index (κ1) is 101. The fraction of sp³-hybridized carbons (Fsp3) is 0.379. The molecule has 704 valence electrons. The van der Waals surface area contributed by atoms with E-state index in [1.165, 1.54) is 72.8 Å². The Morgan fingerprint density at radius 2 is 0.470 bits per heavy atom. The Balaban J connectivity index is 1.02. The zero-order valence-electron chi connectivity index (χ0n) is 70.8. The van der Waals surface area contributed by atoms with Crippen molar-refractivity contribution in [2.45, 2.75) is 152 Å². The minimum Gasteiger partial charge on any atom is -0.462 e. The van der Waals surface area contributed by atoms with Crippen molar-refractivity contribution in [2.75, 3.05) is 59.3 Å². The molecule has 0 radical (unpaired) electrons. The summed E-state index contributed by atoms with van der Waals surface area (Å²) in [5.41, 5.74) is -11.8. The fourth-order valence-corrected chi connectivity index (χ4v) is 13.1. The van der Waals surface area contributed by atoms with E-state index in [9.17, 15) is 127 Å². The molecule has 45 nitrogen and oxygen atoms in total. The normalized spacial score (nSPS) is 13.3. The standard InChI is InChI=1S/C87H98N12O33/c100-55-89(44-63(102)47-98-84(123)92(39-33-73(112)129-51-67(106)58-23-11-3-12-24-58)80(119)93(85(98)124)40-34-74(113)130-52-68(107)59-25-13-4-14-26-59)78(117)96(46-64(103)48-99-86(125)94(41-35-75(114)131-53-69(108)60-27-15-5-16-28-60)81(120)95(87(99)126)42-36-76(115)132-54-70(109)61-29-17-6-18-30-61)77(116)88-43-62(101)45-97-82(121)90(37-31-71(110)127-49-65(104)56-19-7-1-8-20-56)79(118)91(83(97)122)38-32-72(111)128-50-66(105)57-21-9-2-10-22-57/h1-30,55,62-70,101-109H,31-54H2,(H,88,116). The molecule has 0 aliphatic carbocycles. The van der Waals surface area contributed by atoms with Crippen molar-refractivity contribution >= 4 is 54.3 Å². The van der Waals surface area contributed by atoms with Crippen LogP contribution in [0.3, 0.4) is 0 Å². The Morgan fingerprint density at radius 1 is 0.280 bits per heavy atom. The molecular weight excluding hydrogens is 1740 g/mol. The molecule has 0 spiro atoms. The van der Waals surface area contributed by atoms with Crippen LogP contribution in [0.15, 0.2) is 225 Å². The molecule has 45 heteroatoms. The number of nitrogens with zero attached hydrogens (tertiary/aromatic N) is 11. The number of aliphatic hydroxyl groups is 9. The minimum absolute atomic E-state index is 0.0321. The Bertz CT molecular complexity index is 5710. The van der Waals surface area contributed by atoms with Crippen LogP contribution in [0.4, 0.5) is 9.59 Å². The van der Waals surface area contributed by atoms with Gasteiger partial charge in [-0.2, -0.15) is 0 Å². The highest BCUT2D eigenvalue weighted by Gasteiger charge is 2.34. The predicted octanol–water partition coefficient (Wildman–Crippen LogP) is -2.78. The number of aliphatic hydroxyl groups excluding tert-OH is 9. The van der Waals surface area contributed by atoms with E-state index in [2.05, 4.69) is 5.32 Å². The Hall–Kier alpha value is -14.6. The first-order chi connectivity index (χ1) is 63.2. The van der Waals surface area contributed by atoms with E-state index in [4.69, 9.17) is 28.4 Å². The van der Waals surface area contributed by atoms with Crippen LogP contribution >= 0.6 is 0 Å². The molecule has 0 aliphatic heterocycles. The molecule has 9 atom stereocenters. The quantitative estimate of drug-likeness (QED) is 0.0105. The lowest BCUT2D eigenvalue weighted by molar-refractivity contribution is -0.148. The number of ether oxygens (including phenoxy) is 6. The minimum atomic E-state index is -2.49. The van der Waals surface area contributed by atoms with Gasteiger partial charge < -0.3 is 79.7 Å². The van der Waals surface area contributed by atoms with Crippen LogP contribution in [-0.2, 0) is 121 Å². The molecule has 5 amide bonds. The Morgan fingerprint density at radius 3 is 0.674 bits per heavy atom. The molecule has 0 saturated carbocycles. The first-order valence-corrected chi connectivity index (χ1v) is 41.2. The summed E-state index contributed by atoms with van der Waals surface area (Å²) in [7, 11) is 0. The summed E-state index contributed by atoms with van der Waals surface area (Å²) in [6, 6.07) is 43.5. The topological polar surface area (TPSA) is 608 Å². The largest absolute Gasteiger partial charge is 0.462 e. The summed E-state index contributed by atoms with van der Waals surface area (Å²) in [5, 5.41) is 102.